The van der Waals surface area contributed by atoms with Crippen LogP contribution < -0.4 is 5.32 Å². The molecule has 1 N–H and O–H groups in total. The Bertz CT molecular complexity index is 462. The van der Waals surface area contributed by atoms with Crippen LogP contribution in [0.25, 0.3) is 10.2 Å². The van der Waals surface area contributed by atoms with E-state index in [4.69, 9.17) is 0 Å². The van der Waals surface area contributed by atoms with Crippen molar-refractivity contribution in [2.24, 2.45) is 5.92 Å². The van der Waals surface area contributed by atoms with Gasteiger partial charge in [0, 0.05) is 11.4 Å². The Balaban J connectivity index is 2.33. The summed E-state index contributed by atoms with van der Waals surface area (Å²) in [5, 5.41) is 4.50. The van der Waals surface area contributed by atoms with Gasteiger partial charge in [0.1, 0.15) is 17.0 Å². The molecule has 80 valence electrons. The Kier molecular flexibility index (Phi) is 2.86. The highest BCUT2D eigenvalue weighted by Crippen LogP contribution is 2.27. The Labute approximate surface area is 93.6 Å². The maximum atomic E-state index is 4.28. The summed E-state index contributed by atoms with van der Waals surface area (Å²) < 4.78 is 0. The molecule has 2 heterocycles. The van der Waals surface area contributed by atoms with Gasteiger partial charge in [-0.25, -0.2) is 9.97 Å². The van der Waals surface area contributed by atoms with Gasteiger partial charge < -0.3 is 5.32 Å². The zero-order chi connectivity index (χ0) is 10.8. The van der Waals surface area contributed by atoms with Gasteiger partial charge in [-0.1, -0.05) is 13.8 Å². The van der Waals surface area contributed by atoms with Gasteiger partial charge in [0.2, 0.25) is 0 Å². The SMILES string of the molecule is Cc1cc2c(NCC(C)C)ncnc2s1. The molecule has 0 aliphatic rings. The number of hydrogen-bond donors (Lipinski definition) is 1. The number of nitrogens with zero attached hydrogens (tertiary/aromatic N) is 2. The molecular weight excluding hydrogens is 206 g/mol. The molecule has 2 aromatic rings. The van der Waals surface area contributed by atoms with E-state index < -0.39 is 0 Å². The molecule has 0 aliphatic carbocycles. The molecule has 2 aromatic heterocycles. The van der Waals surface area contributed by atoms with Gasteiger partial charge >= 0.3 is 0 Å². The predicted molar refractivity (Wildman–Crippen MR) is 65.5 cm³/mol. The molecule has 0 atom stereocenters. The Morgan fingerprint density at radius 1 is 1.40 bits per heavy atom. The predicted octanol–water partition coefficient (Wildman–Crippen LogP) is 3.07. The number of hydrogen-bond acceptors (Lipinski definition) is 4. The van der Waals surface area contributed by atoms with Crippen molar-refractivity contribution in [3.63, 3.8) is 0 Å². The van der Waals surface area contributed by atoms with Gasteiger partial charge in [0.25, 0.3) is 0 Å². The molecule has 0 fully saturated rings. The fourth-order valence-corrected chi connectivity index (χ4v) is 2.26. The molecule has 0 aromatic carbocycles. The van der Waals surface area contributed by atoms with Crippen LogP contribution >= 0.6 is 11.3 Å². The fraction of sp³-hybridized carbons (Fsp3) is 0.455. The third-order valence-electron chi connectivity index (χ3n) is 2.13. The zero-order valence-electron chi connectivity index (χ0n) is 9.24. The Morgan fingerprint density at radius 3 is 2.93 bits per heavy atom. The molecule has 3 nitrogen and oxygen atoms in total. The van der Waals surface area contributed by atoms with Crippen molar-refractivity contribution < 1.29 is 0 Å². The zero-order valence-corrected chi connectivity index (χ0v) is 10.1. The van der Waals surface area contributed by atoms with Crippen molar-refractivity contribution in [3.05, 3.63) is 17.3 Å². The van der Waals surface area contributed by atoms with Crippen LogP contribution in [0.5, 0.6) is 0 Å². The molecule has 0 unspecified atom stereocenters. The monoisotopic (exact) mass is 221 g/mol. The highest BCUT2D eigenvalue weighted by Gasteiger charge is 2.06. The third-order valence-corrected chi connectivity index (χ3v) is 3.09. The minimum Gasteiger partial charge on any atom is -0.369 e. The van der Waals surface area contributed by atoms with Crippen molar-refractivity contribution in [2.75, 3.05) is 11.9 Å². The lowest BCUT2D eigenvalue weighted by atomic mass is 10.2. The van der Waals surface area contributed by atoms with E-state index in [1.165, 1.54) is 4.88 Å². The van der Waals surface area contributed by atoms with E-state index in [1.54, 1.807) is 17.7 Å². The third kappa shape index (κ3) is 2.26. The van der Waals surface area contributed by atoms with E-state index in [-0.39, 0.29) is 0 Å². The summed E-state index contributed by atoms with van der Waals surface area (Å²) in [4.78, 5) is 10.9. The summed E-state index contributed by atoms with van der Waals surface area (Å²) in [6, 6.07) is 2.14. The first-order valence-corrected chi connectivity index (χ1v) is 5.93. The van der Waals surface area contributed by atoms with Crippen molar-refractivity contribution in [1.82, 2.24) is 9.97 Å². The van der Waals surface area contributed by atoms with Crippen molar-refractivity contribution in [1.29, 1.82) is 0 Å². The highest BCUT2D eigenvalue weighted by molar-refractivity contribution is 7.18. The molecule has 0 saturated carbocycles. The van der Waals surface area contributed by atoms with Crippen LogP contribution in [0.15, 0.2) is 12.4 Å². The maximum Gasteiger partial charge on any atom is 0.138 e. The average molecular weight is 221 g/mol. The average Bonchev–Trinajstić information content (AvgIpc) is 2.55. The van der Waals surface area contributed by atoms with Gasteiger partial charge in [-0.3, -0.25) is 0 Å². The number of aryl methyl sites for hydroxylation is 1. The molecule has 0 saturated heterocycles. The summed E-state index contributed by atoms with van der Waals surface area (Å²) >= 11 is 1.71. The Morgan fingerprint density at radius 2 is 2.20 bits per heavy atom. The number of fused-ring (bicyclic) bond motifs is 1. The van der Waals surface area contributed by atoms with E-state index in [2.05, 4.69) is 42.1 Å². The molecule has 0 aliphatic heterocycles. The number of rotatable bonds is 3. The summed E-state index contributed by atoms with van der Waals surface area (Å²) in [6.07, 6.45) is 1.63. The quantitative estimate of drug-likeness (QED) is 0.865. The van der Waals surface area contributed by atoms with E-state index in [1.807, 2.05) is 0 Å². The largest absolute Gasteiger partial charge is 0.369 e. The first-order chi connectivity index (χ1) is 7.16. The first kappa shape index (κ1) is 10.4. The van der Waals surface area contributed by atoms with Crippen LogP contribution in [-0.4, -0.2) is 16.5 Å². The maximum absolute atomic E-state index is 4.28. The minimum atomic E-state index is 0.620. The van der Waals surface area contributed by atoms with Gasteiger partial charge in [-0.05, 0) is 18.9 Å². The highest BCUT2D eigenvalue weighted by atomic mass is 32.1. The molecule has 4 heteroatoms. The summed E-state index contributed by atoms with van der Waals surface area (Å²) in [7, 11) is 0. The van der Waals surface area contributed by atoms with Crippen LogP contribution in [-0.2, 0) is 0 Å². The summed E-state index contributed by atoms with van der Waals surface area (Å²) in [6.45, 7) is 7.41. The van der Waals surface area contributed by atoms with Crippen LogP contribution in [0.2, 0.25) is 0 Å². The Hall–Kier alpha value is -1.16. The summed E-state index contributed by atoms with van der Waals surface area (Å²) in [5.74, 6) is 1.58. The number of anilines is 1. The molecule has 2 rings (SSSR count). The van der Waals surface area contributed by atoms with Crippen LogP contribution in [0, 0.1) is 12.8 Å². The van der Waals surface area contributed by atoms with Crippen LogP contribution in [0.1, 0.15) is 18.7 Å². The van der Waals surface area contributed by atoms with Gasteiger partial charge in [-0.2, -0.15) is 0 Å². The molecule has 0 bridgehead atoms. The lowest BCUT2D eigenvalue weighted by Crippen LogP contribution is -2.09. The van der Waals surface area contributed by atoms with E-state index >= 15 is 0 Å². The van der Waals surface area contributed by atoms with Gasteiger partial charge in [-0.15, -0.1) is 11.3 Å². The second-order valence-corrected chi connectivity index (χ2v) is 5.31. The number of aromatic nitrogens is 2. The standard InChI is InChI=1S/C11H15N3S/c1-7(2)5-12-10-9-4-8(3)15-11(9)14-6-13-10/h4,6-7H,5H2,1-3H3,(H,12,13,14). The molecular formula is C11H15N3S. The van der Waals surface area contributed by atoms with E-state index in [0.717, 1.165) is 22.6 Å². The lowest BCUT2D eigenvalue weighted by Gasteiger charge is -2.08. The number of nitrogens with one attached hydrogen (secondary N) is 1. The van der Waals surface area contributed by atoms with Crippen molar-refractivity contribution in [2.45, 2.75) is 20.8 Å². The smallest absolute Gasteiger partial charge is 0.138 e. The fourth-order valence-electron chi connectivity index (χ4n) is 1.42. The van der Waals surface area contributed by atoms with Crippen LogP contribution in [0.3, 0.4) is 0 Å². The van der Waals surface area contributed by atoms with Gasteiger partial charge in [0.15, 0.2) is 0 Å². The minimum absolute atomic E-state index is 0.620. The van der Waals surface area contributed by atoms with Crippen LogP contribution in [0.4, 0.5) is 5.82 Å². The second kappa shape index (κ2) is 4.14. The van der Waals surface area contributed by atoms with Crippen molar-refractivity contribution >= 4 is 27.4 Å². The van der Waals surface area contributed by atoms with Crippen molar-refractivity contribution in [3.8, 4) is 0 Å². The summed E-state index contributed by atoms with van der Waals surface area (Å²) in [5.41, 5.74) is 0. The normalized spacial score (nSPS) is 11.2. The molecule has 0 amide bonds. The second-order valence-electron chi connectivity index (χ2n) is 4.07. The van der Waals surface area contributed by atoms with E-state index in [9.17, 15) is 0 Å². The molecule has 0 radical (unpaired) electrons. The number of thiophene rings is 1. The lowest BCUT2D eigenvalue weighted by molar-refractivity contribution is 0.687. The molecule has 0 spiro atoms. The van der Waals surface area contributed by atoms with E-state index in [0.29, 0.717) is 5.92 Å². The first-order valence-electron chi connectivity index (χ1n) is 5.12. The molecule has 15 heavy (non-hydrogen) atoms. The topological polar surface area (TPSA) is 37.8 Å². The van der Waals surface area contributed by atoms with Gasteiger partial charge in [0.05, 0.1) is 5.39 Å².